The second-order valence-electron chi connectivity index (χ2n) is 4.44. The zero-order valence-corrected chi connectivity index (χ0v) is 11.9. The summed E-state index contributed by atoms with van der Waals surface area (Å²) in [4.78, 5) is 10.3. The number of rotatable bonds is 8. The van der Waals surface area contributed by atoms with Crippen LogP contribution in [0.1, 0.15) is 6.42 Å². The molecule has 21 heavy (non-hydrogen) atoms. The van der Waals surface area contributed by atoms with Gasteiger partial charge in [-0.2, -0.15) is 5.10 Å². The number of hydrogen-bond acceptors (Lipinski definition) is 4. The van der Waals surface area contributed by atoms with Gasteiger partial charge in [0.2, 0.25) is 0 Å². The average Bonchev–Trinajstić information content (AvgIpc) is 2.89. The van der Waals surface area contributed by atoms with Crippen LogP contribution in [0.2, 0.25) is 0 Å². The summed E-state index contributed by atoms with van der Waals surface area (Å²) in [6, 6.07) is 9.63. The maximum absolute atomic E-state index is 10.3. The Morgan fingerprint density at radius 1 is 1.24 bits per heavy atom. The zero-order valence-electron chi connectivity index (χ0n) is 11.9. The van der Waals surface area contributed by atoms with Gasteiger partial charge in [0.1, 0.15) is 12.4 Å². The third kappa shape index (κ3) is 4.32. The molecule has 2 rings (SSSR count). The van der Waals surface area contributed by atoms with E-state index in [-0.39, 0.29) is 13.0 Å². The van der Waals surface area contributed by atoms with Crippen molar-refractivity contribution in [1.82, 2.24) is 9.78 Å². The van der Waals surface area contributed by atoms with Crippen molar-refractivity contribution in [1.29, 1.82) is 0 Å². The summed E-state index contributed by atoms with van der Waals surface area (Å²) < 4.78 is 12.7. The SMILES string of the molecule is Cn1nccc1-c1ccccc1OCCOCCC(=O)O. The van der Waals surface area contributed by atoms with Crippen LogP contribution in [0.25, 0.3) is 11.3 Å². The van der Waals surface area contributed by atoms with Gasteiger partial charge in [0.25, 0.3) is 0 Å². The van der Waals surface area contributed by atoms with Crippen molar-refractivity contribution in [3.8, 4) is 17.0 Å². The molecule has 6 nitrogen and oxygen atoms in total. The molecule has 0 aliphatic heterocycles. The molecule has 0 aliphatic carbocycles. The molecule has 1 heterocycles. The fourth-order valence-electron chi connectivity index (χ4n) is 1.91. The summed E-state index contributed by atoms with van der Waals surface area (Å²) in [5, 5.41) is 12.6. The maximum Gasteiger partial charge on any atom is 0.305 e. The van der Waals surface area contributed by atoms with Gasteiger partial charge in [-0.1, -0.05) is 12.1 Å². The molecule has 1 aromatic carbocycles. The molecule has 0 spiro atoms. The molecule has 0 saturated heterocycles. The van der Waals surface area contributed by atoms with Crippen LogP contribution in [0.5, 0.6) is 5.75 Å². The average molecular weight is 290 g/mol. The van der Waals surface area contributed by atoms with Gasteiger partial charge in [-0.15, -0.1) is 0 Å². The summed E-state index contributed by atoms with van der Waals surface area (Å²) in [5.41, 5.74) is 1.93. The van der Waals surface area contributed by atoms with Crippen LogP contribution in [0.4, 0.5) is 0 Å². The third-order valence-electron chi connectivity index (χ3n) is 2.93. The quantitative estimate of drug-likeness (QED) is 0.752. The van der Waals surface area contributed by atoms with E-state index in [1.54, 1.807) is 10.9 Å². The van der Waals surface area contributed by atoms with Crippen molar-refractivity contribution in [2.45, 2.75) is 6.42 Å². The molecule has 0 bridgehead atoms. The zero-order chi connectivity index (χ0) is 15.1. The summed E-state index contributed by atoms with van der Waals surface area (Å²) in [6.07, 6.45) is 1.74. The van der Waals surface area contributed by atoms with Crippen molar-refractivity contribution in [2.75, 3.05) is 19.8 Å². The summed E-state index contributed by atoms with van der Waals surface area (Å²) in [6.45, 7) is 0.920. The number of carboxylic acid groups (broad SMARTS) is 1. The molecule has 2 aromatic rings. The Balaban J connectivity index is 1.89. The van der Waals surface area contributed by atoms with Crippen molar-refractivity contribution < 1.29 is 19.4 Å². The molecule has 112 valence electrons. The van der Waals surface area contributed by atoms with E-state index in [1.165, 1.54) is 0 Å². The molecular formula is C15H18N2O4. The van der Waals surface area contributed by atoms with E-state index in [1.807, 2.05) is 37.4 Å². The van der Waals surface area contributed by atoms with Gasteiger partial charge >= 0.3 is 5.97 Å². The van der Waals surface area contributed by atoms with Crippen LogP contribution in [0.3, 0.4) is 0 Å². The number of benzene rings is 1. The number of aromatic nitrogens is 2. The topological polar surface area (TPSA) is 73.6 Å². The van der Waals surface area contributed by atoms with Gasteiger partial charge < -0.3 is 14.6 Å². The second-order valence-corrected chi connectivity index (χ2v) is 4.44. The number of aliphatic carboxylic acids is 1. The van der Waals surface area contributed by atoms with Crippen molar-refractivity contribution >= 4 is 5.97 Å². The third-order valence-corrected chi connectivity index (χ3v) is 2.93. The molecule has 6 heteroatoms. The van der Waals surface area contributed by atoms with Gasteiger partial charge in [0.15, 0.2) is 0 Å². The van der Waals surface area contributed by atoms with Crippen molar-refractivity contribution in [2.24, 2.45) is 7.05 Å². The summed E-state index contributed by atoms with van der Waals surface area (Å²) in [5.74, 6) is -0.111. The normalized spacial score (nSPS) is 10.5. The monoisotopic (exact) mass is 290 g/mol. The smallest absolute Gasteiger partial charge is 0.305 e. The Morgan fingerprint density at radius 3 is 2.76 bits per heavy atom. The lowest BCUT2D eigenvalue weighted by Gasteiger charge is -2.11. The minimum atomic E-state index is -0.863. The fourth-order valence-corrected chi connectivity index (χ4v) is 1.91. The Hall–Kier alpha value is -2.34. The first kappa shape index (κ1) is 15.1. The highest BCUT2D eigenvalue weighted by Gasteiger charge is 2.08. The lowest BCUT2D eigenvalue weighted by molar-refractivity contribution is -0.138. The predicted molar refractivity (Wildman–Crippen MR) is 77.2 cm³/mol. The number of hydrogen-bond donors (Lipinski definition) is 1. The predicted octanol–water partition coefficient (Wildman–Crippen LogP) is 1.96. The van der Waals surface area contributed by atoms with Crippen LogP contribution in [0, 0.1) is 0 Å². The highest BCUT2D eigenvalue weighted by atomic mass is 16.5. The first-order valence-electron chi connectivity index (χ1n) is 6.68. The van der Waals surface area contributed by atoms with Crippen molar-refractivity contribution in [3.05, 3.63) is 36.5 Å². The second kappa shape index (κ2) is 7.44. The molecular weight excluding hydrogens is 272 g/mol. The Bertz CT molecular complexity index is 595. The number of para-hydroxylation sites is 1. The fraction of sp³-hybridized carbons (Fsp3) is 0.333. The number of aryl methyl sites for hydroxylation is 1. The standard InChI is InChI=1S/C15H18N2O4/c1-17-13(6-8-16-17)12-4-2-3-5-14(12)21-11-10-20-9-7-15(18)19/h2-6,8H,7,9-11H2,1H3,(H,18,19). The van der Waals surface area contributed by atoms with Gasteiger partial charge in [0.05, 0.1) is 25.3 Å². The highest BCUT2D eigenvalue weighted by Crippen LogP contribution is 2.28. The van der Waals surface area contributed by atoms with Gasteiger partial charge in [-0.05, 0) is 18.2 Å². The lowest BCUT2D eigenvalue weighted by Crippen LogP contribution is -2.10. The van der Waals surface area contributed by atoms with Crippen LogP contribution in [-0.4, -0.2) is 40.7 Å². The molecule has 0 radical (unpaired) electrons. The molecule has 1 N–H and O–H groups in total. The number of ether oxygens (including phenoxy) is 2. The number of carboxylic acids is 1. The van der Waals surface area contributed by atoms with E-state index >= 15 is 0 Å². The van der Waals surface area contributed by atoms with Gasteiger partial charge in [-0.25, -0.2) is 0 Å². The summed E-state index contributed by atoms with van der Waals surface area (Å²) >= 11 is 0. The Morgan fingerprint density at radius 2 is 2.05 bits per heavy atom. The van der Waals surface area contributed by atoms with E-state index in [2.05, 4.69) is 5.10 Å². The molecule has 0 amide bonds. The van der Waals surface area contributed by atoms with Gasteiger partial charge in [0, 0.05) is 18.8 Å². The Kier molecular flexibility index (Phi) is 5.34. The molecule has 0 saturated carbocycles. The van der Waals surface area contributed by atoms with Crippen LogP contribution < -0.4 is 4.74 Å². The highest BCUT2D eigenvalue weighted by molar-refractivity contribution is 5.67. The maximum atomic E-state index is 10.3. The lowest BCUT2D eigenvalue weighted by atomic mass is 10.1. The van der Waals surface area contributed by atoms with Crippen LogP contribution in [0.15, 0.2) is 36.5 Å². The van der Waals surface area contributed by atoms with Crippen molar-refractivity contribution in [3.63, 3.8) is 0 Å². The molecule has 0 atom stereocenters. The molecule has 1 aromatic heterocycles. The molecule has 0 aliphatic rings. The van der Waals surface area contributed by atoms with Crippen LogP contribution in [-0.2, 0) is 16.6 Å². The summed E-state index contributed by atoms with van der Waals surface area (Å²) in [7, 11) is 1.88. The first-order valence-corrected chi connectivity index (χ1v) is 6.68. The van der Waals surface area contributed by atoms with E-state index in [0.717, 1.165) is 17.0 Å². The Labute approximate surface area is 122 Å². The first-order chi connectivity index (χ1) is 10.2. The number of nitrogens with zero attached hydrogens (tertiary/aromatic N) is 2. The number of carbonyl (C=O) groups is 1. The van der Waals surface area contributed by atoms with E-state index in [9.17, 15) is 4.79 Å². The van der Waals surface area contributed by atoms with Crippen LogP contribution >= 0.6 is 0 Å². The molecule has 0 unspecified atom stereocenters. The van der Waals surface area contributed by atoms with Gasteiger partial charge in [-0.3, -0.25) is 9.48 Å². The van der Waals surface area contributed by atoms with E-state index < -0.39 is 5.97 Å². The van der Waals surface area contributed by atoms with E-state index in [4.69, 9.17) is 14.6 Å². The minimum absolute atomic E-state index is 0.00556. The largest absolute Gasteiger partial charge is 0.490 e. The molecule has 0 fully saturated rings. The minimum Gasteiger partial charge on any atom is -0.490 e. The van der Waals surface area contributed by atoms with E-state index in [0.29, 0.717) is 13.2 Å².